The summed E-state index contributed by atoms with van der Waals surface area (Å²) in [6.07, 6.45) is 5.29. The van der Waals surface area contributed by atoms with E-state index in [1.807, 2.05) is 19.1 Å². The van der Waals surface area contributed by atoms with Crippen molar-refractivity contribution in [2.24, 2.45) is 0 Å². The van der Waals surface area contributed by atoms with Crippen molar-refractivity contribution in [2.75, 3.05) is 7.05 Å². The van der Waals surface area contributed by atoms with Crippen molar-refractivity contribution in [3.05, 3.63) is 77.0 Å². The second kappa shape index (κ2) is 8.44. The van der Waals surface area contributed by atoms with Gasteiger partial charge in [-0.3, -0.25) is 15.1 Å². The predicted octanol–water partition coefficient (Wildman–Crippen LogP) is 4.32. The minimum absolute atomic E-state index is 0.123. The molecule has 7 nitrogen and oxygen atoms in total. The molecule has 1 aliphatic carbocycles. The number of aryl methyl sites for hydroxylation is 2. The Balaban J connectivity index is 1.46. The highest BCUT2D eigenvalue weighted by Crippen LogP contribution is 2.36. The molecule has 1 fully saturated rings. The third-order valence-electron chi connectivity index (χ3n) is 6.13. The third kappa shape index (κ3) is 4.19. The molecule has 8 heteroatoms. The van der Waals surface area contributed by atoms with E-state index in [-0.39, 0.29) is 24.4 Å². The Morgan fingerprint density at radius 3 is 2.79 bits per heavy atom. The van der Waals surface area contributed by atoms with Crippen LogP contribution < -0.4 is 9.47 Å². The number of nitrogens with zero attached hydrogens (tertiary/aromatic N) is 3. The number of nitrogens with one attached hydrogen (secondary N) is 1. The summed E-state index contributed by atoms with van der Waals surface area (Å²) < 4.78 is 21.2. The molecular weight excluding hydrogens is 435 g/mol. The van der Waals surface area contributed by atoms with Crippen molar-refractivity contribution in [2.45, 2.75) is 39.3 Å². The van der Waals surface area contributed by atoms with Crippen molar-refractivity contribution in [1.29, 1.82) is 0 Å². The topological polar surface area (TPSA) is 82.3 Å². The van der Waals surface area contributed by atoms with Crippen LogP contribution in [0.4, 0.5) is 4.39 Å². The number of H-pyrrole nitrogens is 1. The van der Waals surface area contributed by atoms with E-state index in [0.29, 0.717) is 22.6 Å². The van der Waals surface area contributed by atoms with Crippen molar-refractivity contribution < 1.29 is 23.9 Å². The second-order valence-corrected chi connectivity index (χ2v) is 8.95. The zero-order chi connectivity index (χ0) is 24.0. The largest absolute Gasteiger partial charge is 0.490 e. The van der Waals surface area contributed by atoms with E-state index >= 15 is 0 Å². The number of carbonyl (C=O) groups excluding carboxylic acids is 1. The van der Waals surface area contributed by atoms with Crippen LogP contribution in [0.3, 0.4) is 0 Å². The summed E-state index contributed by atoms with van der Waals surface area (Å²) in [5.74, 6) is 0.0724. The van der Waals surface area contributed by atoms with Gasteiger partial charge in [0, 0.05) is 29.8 Å². The van der Waals surface area contributed by atoms with Crippen LogP contribution in [0.1, 0.15) is 40.0 Å². The first-order chi connectivity index (χ1) is 16.3. The first kappa shape index (κ1) is 21.9. The number of rotatable bonds is 6. The minimum Gasteiger partial charge on any atom is -0.490 e. The van der Waals surface area contributed by atoms with Gasteiger partial charge in [-0.2, -0.15) is 5.10 Å². The number of carbonyl (C=O) groups is 1. The standard InChI is InChI=1S/C26H25FN4O3/c1-15-8-18(10-20(27)9-15)22-7-4-17(11-24(22)34-21-5-6-21)26(32)30(3)13-19-14-31(33)16(2)23-12-28-29-25(19)23/h4,7-12,14,21,33H,5-6,13H2,1-3H3/p+1. The molecule has 0 spiro atoms. The Morgan fingerprint density at radius 2 is 2.06 bits per heavy atom. The molecule has 0 radical (unpaired) electrons. The van der Waals surface area contributed by atoms with E-state index in [2.05, 4.69) is 10.2 Å². The van der Waals surface area contributed by atoms with Crippen LogP contribution in [0.15, 0.2) is 48.8 Å². The molecule has 1 saturated carbocycles. The van der Waals surface area contributed by atoms with Crippen molar-refractivity contribution >= 4 is 16.8 Å². The molecule has 0 saturated heterocycles. The number of hydrogen-bond donors (Lipinski definition) is 2. The van der Waals surface area contributed by atoms with Gasteiger partial charge in [0.15, 0.2) is 0 Å². The summed E-state index contributed by atoms with van der Waals surface area (Å²) >= 11 is 0. The number of aromatic nitrogens is 3. The van der Waals surface area contributed by atoms with E-state index < -0.39 is 0 Å². The van der Waals surface area contributed by atoms with Gasteiger partial charge in [0.1, 0.15) is 11.6 Å². The van der Waals surface area contributed by atoms with Gasteiger partial charge >= 0.3 is 0 Å². The molecule has 0 atom stereocenters. The van der Waals surface area contributed by atoms with Crippen LogP contribution >= 0.6 is 0 Å². The zero-order valence-electron chi connectivity index (χ0n) is 19.3. The van der Waals surface area contributed by atoms with Gasteiger partial charge in [0.2, 0.25) is 11.9 Å². The predicted molar refractivity (Wildman–Crippen MR) is 124 cm³/mol. The van der Waals surface area contributed by atoms with E-state index in [1.165, 1.54) is 12.1 Å². The maximum atomic E-state index is 14.1. The molecule has 1 aliphatic rings. The first-order valence-corrected chi connectivity index (χ1v) is 11.2. The molecule has 2 aromatic heterocycles. The van der Waals surface area contributed by atoms with Crippen LogP contribution in [0.25, 0.3) is 22.0 Å². The van der Waals surface area contributed by atoms with Crippen molar-refractivity contribution in [3.8, 4) is 16.9 Å². The quantitative estimate of drug-likeness (QED) is 0.331. The van der Waals surface area contributed by atoms with E-state index in [0.717, 1.165) is 45.2 Å². The number of pyridine rings is 1. The Bertz CT molecular complexity index is 1390. The summed E-state index contributed by atoms with van der Waals surface area (Å²) in [6, 6.07) is 10.2. The number of halogens is 1. The van der Waals surface area contributed by atoms with Crippen LogP contribution in [0.5, 0.6) is 5.75 Å². The van der Waals surface area contributed by atoms with Crippen LogP contribution in [0, 0.1) is 19.7 Å². The number of fused-ring (bicyclic) bond motifs is 1. The summed E-state index contributed by atoms with van der Waals surface area (Å²) in [4.78, 5) is 14.9. The molecule has 0 aliphatic heterocycles. The van der Waals surface area contributed by atoms with Gasteiger partial charge in [0.25, 0.3) is 5.91 Å². The molecule has 2 heterocycles. The molecule has 2 N–H and O–H groups in total. The SMILES string of the molecule is Cc1cc(F)cc(-c2ccc(C(=O)N(C)Cc3c[n+](O)c(C)c4cn[nH]c34)cc2OC2CC2)c1. The Morgan fingerprint density at radius 1 is 1.26 bits per heavy atom. The van der Waals surface area contributed by atoms with Crippen molar-refractivity contribution in [1.82, 2.24) is 15.1 Å². The smallest absolute Gasteiger partial charge is 0.254 e. The Kier molecular flexibility index (Phi) is 5.43. The average molecular weight is 462 g/mol. The fourth-order valence-corrected chi connectivity index (χ4v) is 4.15. The molecule has 4 aromatic rings. The van der Waals surface area contributed by atoms with Crippen molar-refractivity contribution in [3.63, 3.8) is 0 Å². The van der Waals surface area contributed by atoms with E-state index in [1.54, 1.807) is 43.4 Å². The van der Waals surface area contributed by atoms with Gasteiger partial charge in [-0.05, 0) is 61.2 Å². The fourth-order valence-electron chi connectivity index (χ4n) is 4.15. The maximum absolute atomic E-state index is 14.1. The summed E-state index contributed by atoms with van der Waals surface area (Å²) in [5.41, 5.74) is 4.93. The normalized spacial score (nSPS) is 13.3. The molecule has 0 unspecified atom stereocenters. The summed E-state index contributed by atoms with van der Waals surface area (Å²) in [5, 5.41) is 18.0. The average Bonchev–Trinajstić information content (AvgIpc) is 3.47. The number of aromatic amines is 1. The second-order valence-electron chi connectivity index (χ2n) is 8.95. The van der Waals surface area contributed by atoms with Crippen LogP contribution in [-0.2, 0) is 6.54 Å². The van der Waals surface area contributed by atoms with Crippen LogP contribution in [0.2, 0.25) is 0 Å². The lowest BCUT2D eigenvalue weighted by Gasteiger charge is -2.19. The number of ether oxygens (including phenoxy) is 1. The van der Waals surface area contributed by atoms with E-state index in [9.17, 15) is 14.4 Å². The highest BCUT2D eigenvalue weighted by atomic mass is 19.1. The van der Waals surface area contributed by atoms with Gasteiger partial charge < -0.3 is 9.64 Å². The van der Waals surface area contributed by atoms with Gasteiger partial charge in [-0.15, -0.1) is 0 Å². The fraction of sp³-hybridized carbons (Fsp3) is 0.269. The number of hydrogen-bond acceptors (Lipinski definition) is 4. The highest BCUT2D eigenvalue weighted by molar-refractivity contribution is 5.95. The third-order valence-corrected chi connectivity index (χ3v) is 6.13. The summed E-state index contributed by atoms with van der Waals surface area (Å²) in [6.45, 7) is 3.90. The zero-order valence-corrected chi connectivity index (χ0v) is 19.3. The molecular formula is C26H26FN4O3+. The lowest BCUT2D eigenvalue weighted by atomic mass is 10.00. The Labute approximate surface area is 196 Å². The number of amides is 1. The van der Waals surface area contributed by atoms with Gasteiger partial charge in [-0.25, -0.2) is 4.39 Å². The minimum atomic E-state index is -0.309. The number of benzene rings is 2. The maximum Gasteiger partial charge on any atom is 0.254 e. The molecule has 2 aromatic carbocycles. The molecule has 5 rings (SSSR count). The summed E-state index contributed by atoms with van der Waals surface area (Å²) in [7, 11) is 1.71. The van der Waals surface area contributed by atoms with Crippen LogP contribution in [-0.4, -0.2) is 39.4 Å². The lowest BCUT2D eigenvalue weighted by molar-refractivity contribution is -0.908. The van der Waals surface area contributed by atoms with Gasteiger partial charge in [-0.1, -0.05) is 6.07 Å². The lowest BCUT2D eigenvalue weighted by Crippen LogP contribution is -2.35. The molecule has 34 heavy (non-hydrogen) atoms. The first-order valence-electron chi connectivity index (χ1n) is 11.2. The molecule has 1 amide bonds. The molecule has 0 bridgehead atoms. The highest BCUT2D eigenvalue weighted by Gasteiger charge is 2.26. The monoisotopic (exact) mass is 461 g/mol. The molecule has 174 valence electrons. The Hall–Kier alpha value is -3.94. The van der Waals surface area contributed by atoms with E-state index in [4.69, 9.17) is 4.74 Å². The van der Waals surface area contributed by atoms with Gasteiger partial charge in [0.05, 0.1) is 35.3 Å².